The van der Waals surface area contributed by atoms with Crippen molar-refractivity contribution in [1.82, 2.24) is 15.0 Å². The van der Waals surface area contributed by atoms with Crippen molar-refractivity contribution in [3.8, 4) is 11.3 Å². The van der Waals surface area contributed by atoms with Crippen molar-refractivity contribution in [3.05, 3.63) is 35.5 Å². The number of hydrogen-bond donors (Lipinski definition) is 2. The van der Waals surface area contributed by atoms with E-state index in [0.29, 0.717) is 10.6 Å². The van der Waals surface area contributed by atoms with Crippen molar-refractivity contribution < 1.29 is 4.73 Å². The van der Waals surface area contributed by atoms with Crippen LogP contribution in [0.2, 0.25) is 0 Å². The second-order valence-electron chi connectivity index (χ2n) is 4.27. The molecule has 0 aliphatic rings. The van der Waals surface area contributed by atoms with Gasteiger partial charge in [0, 0.05) is 0 Å². The van der Waals surface area contributed by atoms with Crippen LogP contribution in [0.3, 0.4) is 0 Å². The number of fused-ring (bicyclic) bond motifs is 1. The molecule has 0 spiro atoms. The molecular weight excluding hydrogens is 288 g/mol. The van der Waals surface area contributed by atoms with Crippen molar-refractivity contribution >= 4 is 34.7 Å². The summed E-state index contributed by atoms with van der Waals surface area (Å²) >= 11 is 1.30. The van der Waals surface area contributed by atoms with Crippen LogP contribution in [-0.2, 0) is 0 Å². The van der Waals surface area contributed by atoms with E-state index in [-0.39, 0.29) is 28.6 Å². The summed E-state index contributed by atoms with van der Waals surface area (Å²) in [6, 6.07) is 9.11. The number of rotatable bonds is 2. The monoisotopic (exact) mass is 300 g/mol. The van der Waals surface area contributed by atoms with Gasteiger partial charge in [-0.15, -0.1) is 11.8 Å². The Morgan fingerprint density at radius 1 is 1.10 bits per heavy atom. The predicted molar refractivity (Wildman–Crippen MR) is 82.3 cm³/mol. The van der Waals surface area contributed by atoms with E-state index in [0.717, 1.165) is 4.73 Å². The summed E-state index contributed by atoms with van der Waals surface area (Å²) in [7, 11) is 0. The number of anilines is 2. The number of nitrogen functional groups attached to an aromatic ring is 2. The molecule has 0 saturated heterocycles. The van der Waals surface area contributed by atoms with Crippen molar-refractivity contribution in [3.63, 3.8) is 0 Å². The first-order chi connectivity index (χ1) is 10.1. The Kier molecular flexibility index (Phi) is 3.22. The number of thioether (sulfide) groups is 1. The topological polar surface area (TPSA) is 118 Å². The number of nitrogens with two attached hydrogens (primary N) is 2. The van der Waals surface area contributed by atoms with E-state index >= 15 is 0 Å². The number of nitrogens with zero attached hydrogens (tertiary/aromatic N) is 4. The third-order valence-corrected chi connectivity index (χ3v) is 3.64. The van der Waals surface area contributed by atoms with Gasteiger partial charge in [0.2, 0.25) is 17.4 Å². The van der Waals surface area contributed by atoms with Gasteiger partial charge in [-0.1, -0.05) is 18.2 Å². The van der Waals surface area contributed by atoms with Gasteiger partial charge in [-0.05, 0) is 18.4 Å². The molecule has 0 aliphatic heterocycles. The summed E-state index contributed by atoms with van der Waals surface area (Å²) in [5.74, 6) is 0.167. The zero-order valence-electron chi connectivity index (χ0n) is 11.1. The summed E-state index contributed by atoms with van der Waals surface area (Å²) in [6.45, 7) is 0. The molecule has 8 heteroatoms. The van der Waals surface area contributed by atoms with E-state index in [1.54, 1.807) is 18.4 Å². The van der Waals surface area contributed by atoms with Crippen LogP contribution in [0, 0.1) is 5.21 Å². The molecule has 7 nitrogen and oxygen atoms in total. The van der Waals surface area contributed by atoms with Gasteiger partial charge in [-0.25, -0.2) is 0 Å². The second kappa shape index (κ2) is 5.06. The zero-order chi connectivity index (χ0) is 15.0. The smallest absolute Gasteiger partial charge is 0.295 e. The van der Waals surface area contributed by atoms with Crippen LogP contribution in [0.5, 0.6) is 0 Å². The highest BCUT2D eigenvalue weighted by molar-refractivity contribution is 7.98. The average Bonchev–Trinajstić information content (AvgIpc) is 2.47. The molecule has 0 atom stereocenters. The van der Waals surface area contributed by atoms with Crippen LogP contribution in [0.15, 0.2) is 35.4 Å². The molecular formula is C13H12N6OS. The van der Waals surface area contributed by atoms with Crippen molar-refractivity contribution in [2.75, 3.05) is 17.7 Å². The third kappa shape index (κ3) is 2.19. The van der Waals surface area contributed by atoms with E-state index < -0.39 is 0 Å². The molecule has 0 fully saturated rings. The fourth-order valence-corrected chi connectivity index (χ4v) is 2.63. The maximum Gasteiger partial charge on any atom is 0.295 e. The average molecular weight is 300 g/mol. The Morgan fingerprint density at radius 2 is 1.81 bits per heavy atom. The molecule has 0 amide bonds. The normalized spacial score (nSPS) is 10.9. The molecule has 3 aromatic rings. The SMILES string of the molecule is CSc1nc(N)nc2nc(N)c(-c3ccccc3)[n+]([O-])c12. The highest BCUT2D eigenvalue weighted by atomic mass is 32.2. The van der Waals surface area contributed by atoms with Gasteiger partial charge >= 0.3 is 0 Å². The molecule has 2 aromatic heterocycles. The predicted octanol–water partition coefficient (Wildman–Crippen LogP) is 1.21. The molecule has 0 radical (unpaired) electrons. The van der Waals surface area contributed by atoms with Crippen LogP contribution < -0.4 is 16.2 Å². The molecule has 0 saturated carbocycles. The fraction of sp³-hybridized carbons (Fsp3) is 0.0769. The van der Waals surface area contributed by atoms with Crippen molar-refractivity contribution in [2.45, 2.75) is 5.03 Å². The van der Waals surface area contributed by atoms with Gasteiger partial charge in [-0.2, -0.15) is 19.7 Å². The Morgan fingerprint density at radius 3 is 2.48 bits per heavy atom. The maximum atomic E-state index is 12.7. The van der Waals surface area contributed by atoms with Crippen LogP contribution in [0.25, 0.3) is 22.4 Å². The molecule has 1 aromatic carbocycles. The number of aromatic nitrogens is 4. The zero-order valence-corrected chi connectivity index (χ0v) is 12.0. The molecule has 106 valence electrons. The Labute approximate surface area is 124 Å². The first-order valence-electron chi connectivity index (χ1n) is 6.07. The molecule has 0 unspecified atom stereocenters. The van der Waals surface area contributed by atoms with E-state index in [4.69, 9.17) is 11.5 Å². The lowest BCUT2D eigenvalue weighted by atomic mass is 10.1. The summed E-state index contributed by atoms with van der Waals surface area (Å²) in [5.41, 5.74) is 13.0. The number of benzene rings is 1. The Hall–Kier alpha value is -2.61. The summed E-state index contributed by atoms with van der Waals surface area (Å²) in [4.78, 5) is 12.2. The standard InChI is InChI=1S/C13H12N6OS/c1-21-12-9-11(17-13(15)18-12)16-10(14)8(19(9)20)7-5-3-2-4-6-7/h2-6H,1H3,(H4,14,15,16,17,18). The third-order valence-electron chi connectivity index (χ3n) is 2.97. The molecule has 21 heavy (non-hydrogen) atoms. The largest absolute Gasteiger partial charge is 0.618 e. The first-order valence-corrected chi connectivity index (χ1v) is 7.30. The summed E-state index contributed by atoms with van der Waals surface area (Å²) < 4.78 is 0.721. The Bertz CT molecular complexity index is 824. The lowest BCUT2D eigenvalue weighted by Gasteiger charge is -2.10. The molecule has 0 aliphatic carbocycles. The second-order valence-corrected chi connectivity index (χ2v) is 5.06. The van der Waals surface area contributed by atoms with Gasteiger partial charge in [-0.3, -0.25) is 0 Å². The molecule has 0 bridgehead atoms. The van der Waals surface area contributed by atoms with Gasteiger partial charge in [0.1, 0.15) is 0 Å². The van der Waals surface area contributed by atoms with Crippen LogP contribution in [-0.4, -0.2) is 21.2 Å². The Balaban J connectivity index is 2.40. The van der Waals surface area contributed by atoms with Gasteiger partial charge in [0.05, 0.1) is 5.56 Å². The van der Waals surface area contributed by atoms with E-state index in [1.165, 1.54) is 11.8 Å². The van der Waals surface area contributed by atoms with Gasteiger partial charge in [0.25, 0.3) is 11.2 Å². The van der Waals surface area contributed by atoms with Crippen LogP contribution >= 0.6 is 11.8 Å². The van der Waals surface area contributed by atoms with Gasteiger partial charge in [0.15, 0.2) is 5.03 Å². The minimum atomic E-state index is 0.0613. The fourth-order valence-electron chi connectivity index (χ4n) is 2.08. The highest BCUT2D eigenvalue weighted by Gasteiger charge is 2.23. The van der Waals surface area contributed by atoms with Crippen LogP contribution in [0.4, 0.5) is 11.8 Å². The highest BCUT2D eigenvalue weighted by Crippen LogP contribution is 2.26. The van der Waals surface area contributed by atoms with E-state index in [2.05, 4.69) is 15.0 Å². The molecule has 4 N–H and O–H groups in total. The van der Waals surface area contributed by atoms with Crippen LogP contribution in [0.1, 0.15) is 0 Å². The van der Waals surface area contributed by atoms with Crippen molar-refractivity contribution in [1.29, 1.82) is 0 Å². The minimum Gasteiger partial charge on any atom is -0.618 e. The van der Waals surface area contributed by atoms with E-state index in [9.17, 15) is 5.21 Å². The van der Waals surface area contributed by atoms with E-state index in [1.807, 2.05) is 18.2 Å². The maximum absolute atomic E-state index is 12.7. The lowest BCUT2D eigenvalue weighted by molar-refractivity contribution is -0.566. The summed E-state index contributed by atoms with van der Waals surface area (Å²) in [6.07, 6.45) is 1.81. The molecule has 2 heterocycles. The molecule has 3 rings (SSSR count). The number of hydrogen-bond acceptors (Lipinski definition) is 7. The first kappa shape index (κ1) is 13.4. The minimum absolute atomic E-state index is 0.0613. The van der Waals surface area contributed by atoms with Gasteiger partial charge < -0.3 is 16.7 Å². The summed E-state index contributed by atoms with van der Waals surface area (Å²) in [5, 5.41) is 13.2. The lowest BCUT2D eigenvalue weighted by Crippen LogP contribution is -2.33. The van der Waals surface area contributed by atoms with Crippen molar-refractivity contribution in [2.24, 2.45) is 0 Å². The quantitative estimate of drug-likeness (QED) is 0.316.